The van der Waals surface area contributed by atoms with Gasteiger partial charge in [0.1, 0.15) is 0 Å². The topological polar surface area (TPSA) is 12.0 Å². The van der Waals surface area contributed by atoms with Gasteiger partial charge in [0.2, 0.25) is 0 Å². The van der Waals surface area contributed by atoms with E-state index in [1.54, 1.807) is 5.56 Å². The van der Waals surface area contributed by atoms with Crippen LogP contribution in [0.3, 0.4) is 0 Å². The van der Waals surface area contributed by atoms with Crippen LogP contribution in [0.2, 0.25) is 0 Å². The molecule has 0 aromatic heterocycles. The first-order valence-corrected chi connectivity index (χ1v) is 5.87. The number of benzene rings is 1. The standard InChI is InChI=1S/C11H13NS/c1-2-4-10-9(3-1)5-6-11(10)12-7-8-13-11/h1-4,12H,5-8H2. The average molecular weight is 191 g/mol. The monoisotopic (exact) mass is 191 g/mol. The molecular weight excluding hydrogens is 178 g/mol. The SMILES string of the molecule is c1ccc2c(c1)CCC21NCCS1. The van der Waals surface area contributed by atoms with Gasteiger partial charge in [0, 0.05) is 12.3 Å². The van der Waals surface area contributed by atoms with Crippen molar-refractivity contribution in [3.05, 3.63) is 35.4 Å². The van der Waals surface area contributed by atoms with Crippen molar-refractivity contribution in [1.82, 2.24) is 5.32 Å². The number of hydrogen-bond acceptors (Lipinski definition) is 2. The third kappa shape index (κ3) is 1.05. The summed E-state index contributed by atoms with van der Waals surface area (Å²) in [5.41, 5.74) is 3.09. The number of nitrogens with one attached hydrogen (secondary N) is 1. The van der Waals surface area contributed by atoms with Crippen molar-refractivity contribution in [2.24, 2.45) is 0 Å². The molecule has 0 amide bonds. The second kappa shape index (κ2) is 2.76. The van der Waals surface area contributed by atoms with Crippen LogP contribution < -0.4 is 5.32 Å². The Labute approximate surface area is 82.9 Å². The molecule has 13 heavy (non-hydrogen) atoms. The van der Waals surface area contributed by atoms with Crippen molar-refractivity contribution >= 4 is 11.8 Å². The van der Waals surface area contributed by atoms with Crippen molar-refractivity contribution in [1.29, 1.82) is 0 Å². The highest BCUT2D eigenvalue weighted by Gasteiger charge is 2.41. The summed E-state index contributed by atoms with van der Waals surface area (Å²) in [6, 6.07) is 8.86. The van der Waals surface area contributed by atoms with E-state index in [-0.39, 0.29) is 4.87 Å². The largest absolute Gasteiger partial charge is 0.298 e. The van der Waals surface area contributed by atoms with Crippen LogP contribution in [0.4, 0.5) is 0 Å². The fourth-order valence-corrected chi connectivity index (χ4v) is 3.80. The lowest BCUT2D eigenvalue weighted by Crippen LogP contribution is -2.31. The maximum Gasteiger partial charge on any atom is 0.0907 e. The third-order valence-electron chi connectivity index (χ3n) is 3.06. The van der Waals surface area contributed by atoms with Gasteiger partial charge in [-0.3, -0.25) is 5.32 Å². The zero-order valence-corrected chi connectivity index (χ0v) is 8.36. The van der Waals surface area contributed by atoms with Gasteiger partial charge >= 0.3 is 0 Å². The van der Waals surface area contributed by atoms with Crippen LogP contribution in [0.25, 0.3) is 0 Å². The average Bonchev–Trinajstić information content (AvgIpc) is 2.78. The van der Waals surface area contributed by atoms with Gasteiger partial charge in [-0.15, -0.1) is 11.8 Å². The molecule has 1 unspecified atom stereocenters. The minimum atomic E-state index is 0.288. The molecule has 1 N–H and O–H groups in total. The molecule has 2 heteroatoms. The first-order valence-electron chi connectivity index (χ1n) is 4.88. The number of thioether (sulfide) groups is 1. The van der Waals surface area contributed by atoms with E-state index in [4.69, 9.17) is 0 Å². The Morgan fingerprint density at radius 1 is 1.31 bits per heavy atom. The molecule has 0 radical (unpaired) electrons. The molecular formula is C11H13NS. The Kier molecular flexibility index (Phi) is 1.67. The van der Waals surface area contributed by atoms with E-state index in [0.717, 1.165) is 0 Å². The summed E-state index contributed by atoms with van der Waals surface area (Å²) in [5.74, 6) is 1.26. The van der Waals surface area contributed by atoms with E-state index in [2.05, 4.69) is 41.3 Å². The maximum atomic E-state index is 3.65. The fourth-order valence-electron chi connectivity index (χ4n) is 2.44. The van der Waals surface area contributed by atoms with Crippen LogP contribution in [0.15, 0.2) is 24.3 Å². The van der Waals surface area contributed by atoms with Crippen LogP contribution >= 0.6 is 11.8 Å². The van der Waals surface area contributed by atoms with Crippen LogP contribution in [0.5, 0.6) is 0 Å². The van der Waals surface area contributed by atoms with Crippen molar-refractivity contribution in [2.45, 2.75) is 17.7 Å². The number of hydrogen-bond donors (Lipinski definition) is 1. The Morgan fingerprint density at radius 3 is 3.08 bits per heavy atom. The summed E-state index contributed by atoms with van der Waals surface area (Å²) in [4.78, 5) is 0.288. The summed E-state index contributed by atoms with van der Waals surface area (Å²) in [5, 5.41) is 3.65. The molecule has 1 aromatic carbocycles. The number of rotatable bonds is 0. The lowest BCUT2D eigenvalue weighted by Gasteiger charge is -2.23. The van der Waals surface area contributed by atoms with Gasteiger partial charge in [-0.25, -0.2) is 0 Å². The van der Waals surface area contributed by atoms with E-state index in [1.807, 2.05) is 0 Å². The summed E-state index contributed by atoms with van der Waals surface area (Å²) >= 11 is 2.08. The molecule has 1 nitrogen and oxygen atoms in total. The summed E-state index contributed by atoms with van der Waals surface area (Å²) in [6.45, 7) is 1.17. The first-order chi connectivity index (χ1) is 6.41. The van der Waals surface area contributed by atoms with Crippen molar-refractivity contribution < 1.29 is 0 Å². The van der Waals surface area contributed by atoms with Crippen molar-refractivity contribution in [3.63, 3.8) is 0 Å². The molecule has 1 saturated heterocycles. The minimum absolute atomic E-state index is 0.288. The molecule has 1 aromatic rings. The van der Waals surface area contributed by atoms with Gasteiger partial charge in [0.25, 0.3) is 0 Å². The molecule has 1 spiro atoms. The molecule has 3 rings (SSSR count). The Morgan fingerprint density at radius 2 is 2.23 bits per heavy atom. The maximum absolute atomic E-state index is 3.65. The lowest BCUT2D eigenvalue weighted by molar-refractivity contribution is 0.522. The van der Waals surface area contributed by atoms with Gasteiger partial charge in [-0.05, 0) is 24.0 Å². The van der Waals surface area contributed by atoms with Crippen LogP contribution in [0.1, 0.15) is 17.5 Å². The number of fused-ring (bicyclic) bond motifs is 2. The lowest BCUT2D eigenvalue weighted by atomic mass is 10.1. The summed E-state index contributed by atoms with van der Waals surface area (Å²) in [7, 11) is 0. The molecule has 0 saturated carbocycles. The highest BCUT2D eigenvalue weighted by molar-refractivity contribution is 8.00. The molecule has 1 aliphatic heterocycles. The van der Waals surface area contributed by atoms with Gasteiger partial charge in [-0.1, -0.05) is 24.3 Å². The molecule has 1 fully saturated rings. The van der Waals surface area contributed by atoms with Crippen molar-refractivity contribution in [2.75, 3.05) is 12.3 Å². The van der Waals surface area contributed by atoms with E-state index >= 15 is 0 Å². The third-order valence-corrected chi connectivity index (χ3v) is 4.53. The van der Waals surface area contributed by atoms with Gasteiger partial charge in [0.05, 0.1) is 4.87 Å². The quantitative estimate of drug-likeness (QED) is 0.674. The smallest absolute Gasteiger partial charge is 0.0907 e. The molecule has 1 aliphatic carbocycles. The van der Waals surface area contributed by atoms with E-state index < -0.39 is 0 Å². The molecule has 68 valence electrons. The molecule has 2 aliphatic rings. The normalized spacial score (nSPS) is 31.1. The van der Waals surface area contributed by atoms with Gasteiger partial charge < -0.3 is 0 Å². The Balaban J connectivity index is 2.11. The second-order valence-corrected chi connectivity index (χ2v) is 5.15. The van der Waals surface area contributed by atoms with Crippen LogP contribution in [-0.2, 0) is 11.3 Å². The van der Waals surface area contributed by atoms with Crippen LogP contribution in [-0.4, -0.2) is 12.3 Å². The van der Waals surface area contributed by atoms with Crippen LogP contribution in [0, 0.1) is 0 Å². The highest BCUT2D eigenvalue weighted by Crippen LogP contribution is 2.47. The first kappa shape index (κ1) is 7.89. The second-order valence-electron chi connectivity index (χ2n) is 3.76. The zero-order chi connectivity index (χ0) is 8.73. The van der Waals surface area contributed by atoms with Gasteiger partial charge in [0.15, 0.2) is 0 Å². The Hall–Kier alpha value is -0.470. The fraction of sp³-hybridized carbons (Fsp3) is 0.455. The predicted molar refractivity (Wildman–Crippen MR) is 56.9 cm³/mol. The van der Waals surface area contributed by atoms with E-state index in [0.29, 0.717) is 0 Å². The van der Waals surface area contributed by atoms with Gasteiger partial charge in [-0.2, -0.15) is 0 Å². The van der Waals surface area contributed by atoms with E-state index in [9.17, 15) is 0 Å². The Bertz CT molecular complexity index is 329. The zero-order valence-electron chi connectivity index (χ0n) is 7.55. The molecule has 1 atom stereocenters. The molecule has 0 bridgehead atoms. The minimum Gasteiger partial charge on any atom is -0.298 e. The predicted octanol–water partition coefficient (Wildman–Crippen LogP) is 2.12. The summed E-state index contributed by atoms with van der Waals surface area (Å²) in [6.07, 6.45) is 2.52. The number of aryl methyl sites for hydroxylation is 1. The van der Waals surface area contributed by atoms with E-state index in [1.165, 1.54) is 30.7 Å². The molecule has 1 heterocycles. The highest BCUT2D eigenvalue weighted by atomic mass is 32.2. The summed E-state index contributed by atoms with van der Waals surface area (Å²) < 4.78 is 0. The van der Waals surface area contributed by atoms with Crippen molar-refractivity contribution in [3.8, 4) is 0 Å².